The van der Waals surface area contributed by atoms with E-state index in [0.717, 1.165) is 11.3 Å². The molecule has 3 rings (SSSR count). The zero-order valence-corrected chi connectivity index (χ0v) is 13.5. The fourth-order valence-corrected chi connectivity index (χ4v) is 6.98. The first kappa shape index (κ1) is 14.4. The van der Waals surface area contributed by atoms with Gasteiger partial charge < -0.3 is 0 Å². The molecule has 0 nitrogen and oxygen atoms in total. The lowest BCUT2D eigenvalue weighted by atomic mass is 9.99. The van der Waals surface area contributed by atoms with Crippen molar-refractivity contribution in [3.63, 3.8) is 0 Å². The van der Waals surface area contributed by atoms with Crippen molar-refractivity contribution in [2.45, 2.75) is 75.5 Å². The third-order valence-corrected chi connectivity index (χ3v) is 8.04. The highest BCUT2D eigenvalue weighted by molar-refractivity contribution is 7.64. The third-order valence-electron chi connectivity index (χ3n) is 5.04. The summed E-state index contributed by atoms with van der Waals surface area (Å²) in [5.41, 5.74) is 5.74. The first-order chi connectivity index (χ1) is 9.93. The Morgan fingerprint density at radius 2 is 1.20 bits per heavy atom. The monoisotopic (exact) mass is 286 g/mol. The van der Waals surface area contributed by atoms with Gasteiger partial charge in [-0.1, -0.05) is 74.4 Å². The fraction of sp³-hybridized carbons (Fsp3) is 0.684. The molecule has 0 spiro atoms. The largest absolute Gasteiger partial charge is 0.0869 e. The average Bonchev–Trinajstić information content (AvgIpc) is 3.03. The van der Waals surface area contributed by atoms with Gasteiger partial charge in [-0.05, 0) is 44.9 Å². The summed E-state index contributed by atoms with van der Waals surface area (Å²) >= 11 is 0. The minimum Gasteiger partial charge on any atom is -0.0869 e. The summed E-state index contributed by atoms with van der Waals surface area (Å²) in [4.78, 5) is 0. The van der Waals surface area contributed by atoms with E-state index in [2.05, 4.69) is 35.9 Å². The van der Waals surface area contributed by atoms with Crippen molar-refractivity contribution < 1.29 is 0 Å². The molecule has 0 heterocycles. The first-order valence-electron chi connectivity index (χ1n) is 8.58. The Morgan fingerprint density at radius 1 is 0.700 bits per heavy atom. The molecule has 0 saturated heterocycles. The molecule has 0 amide bonds. The Kier molecular flexibility index (Phi) is 5.38. The van der Waals surface area contributed by atoms with Crippen LogP contribution in [0.2, 0.25) is 0 Å². The van der Waals surface area contributed by atoms with Crippen molar-refractivity contribution in [1.29, 1.82) is 0 Å². The first-order valence-corrected chi connectivity index (χ1v) is 10.1. The van der Waals surface area contributed by atoms with Crippen LogP contribution < -0.4 is 0 Å². The Bertz CT molecular complexity index is 381. The highest BCUT2D eigenvalue weighted by Gasteiger charge is 2.30. The van der Waals surface area contributed by atoms with Gasteiger partial charge in [-0.25, -0.2) is 0 Å². The molecule has 0 bridgehead atoms. The Balaban J connectivity index is 1.70. The van der Waals surface area contributed by atoms with Gasteiger partial charge in [0.05, 0.1) is 5.92 Å². The molecule has 0 radical (unpaired) electrons. The van der Waals surface area contributed by atoms with Crippen molar-refractivity contribution >= 4 is 7.92 Å². The normalized spacial score (nSPS) is 25.1. The van der Waals surface area contributed by atoms with Crippen LogP contribution in [-0.2, 0) is 0 Å². The van der Waals surface area contributed by atoms with Gasteiger partial charge in [-0.3, -0.25) is 0 Å². The van der Waals surface area contributed by atoms with Crippen molar-refractivity contribution in [1.82, 2.24) is 0 Å². The molecule has 0 aromatic rings. The van der Waals surface area contributed by atoms with Crippen LogP contribution in [0.1, 0.15) is 64.2 Å². The number of hydrogen-bond donors (Lipinski definition) is 0. The molecule has 2 saturated carbocycles. The van der Waals surface area contributed by atoms with Crippen LogP contribution in [0.15, 0.2) is 24.3 Å². The van der Waals surface area contributed by atoms with E-state index in [-0.39, 0.29) is 7.92 Å². The molecule has 0 aromatic heterocycles. The summed E-state index contributed by atoms with van der Waals surface area (Å²) in [6.07, 6.45) is 23.4. The van der Waals surface area contributed by atoms with Gasteiger partial charge in [-0.15, -0.1) is 0 Å². The SMILES string of the molecule is C(#CP(C1CCCCC1)C1CCCCC1)C1C=CC=C1. The molecule has 1 heteroatoms. The Labute approximate surface area is 125 Å². The van der Waals surface area contributed by atoms with Gasteiger partial charge in [0.25, 0.3) is 0 Å². The highest BCUT2D eigenvalue weighted by atomic mass is 31.1. The number of allylic oxidation sites excluding steroid dienone is 4. The Hall–Kier alpha value is -0.530. The van der Waals surface area contributed by atoms with E-state index in [9.17, 15) is 0 Å². The summed E-state index contributed by atoms with van der Waals surface area (Å²) in [7, 11) is -0.0420. The quantitative estimate of drug-likeness (QED) is 0.442. The van der Waals surface area contributed by atoms with E-state index < -0.39 is 0 Å². The minimum absolute atomic E-state index is 0.0420. The van der Waals surface area contributed by atoms with Crippen LogP contribution in [0.3, 0.4) is 0 Å². The molecule has 0 N–H and O–H groups in total. The molecular weight excluding hydrogens is 259 g/mol. The maximum Gasteiger partial charge on any atom is 0.0572 e. The smallest absolute Gasteiger partial charge is 0.0572 e. The number of rotatable bonds is 2. The van der Waals surface area contributed by atoms with E-state index >= 15 is 0 Å². The Morgan fingerprint density at radius 3 is 1.70 bits per heavy atom. The lowest BCUT2D eigenvalue weighted by molar-refractivity contribution is 0.487. The van der Waals surface area contributed by atoms with E-state index in [1.54, 1.807) is 0 Å². The molecule has 0 aromatic carbocycles. The molecule has 2 fully saturated rings. The number of hydrogen-bond acceptors (Lipinski definition) is 0. The van der Waals surface area contributed by atoms with Crippen molar-refractivity contribution in [3.05, 3.63) is 24.3 Å². The van der Waals surface area contributed by atoms with Crippen LogP contribution in [0.4, 0.5) is 0 Å². The summed E-state index contributed by atoms with van der Waals surface area (Å²) in [5, 5.41) is 0. The maximum atomic E-state index is 3.81. The standard InChI is InChI=1S/C19H27P/c1-3-11-18(12-4-1)20(19-13-5-2-6-14-19)16-15-17-9-7-8-10-17/h7-10,17-19H,1-6,11-14H2. The van der Waals surface area contributed by atoms with Crippen LogP contribution in [0, 0.1) is 17.5 Å². The second-order valence-corrected chi connectivity index (χ2v) is 9.04. The van der Waals surface area contributed by atoms with Crippen LogP contribution in [0.25, 0.3) is 0 Å². The third kappa shape index (κ3) is 3.77. The minimum atomic E-state index is -0.0420. The van der Waals surface area contributed by atoms with Crippen molar-refractivity contribution in [3.8, 4) is 11.6 Å². The molecule has 0 unspecified atom stereocenters. The zero-order valence-electron chi connectivity index (χ0n) is 12.6. The maximum absolute atomic E-state index is 3.81. The molecule has 3 aliphatic rings. The second-order valence-electron chi connectivity index (χ2n) is 6.54. The zero-order chi connectivity index (χ0) is 13.6. The molecule has 20 heavy (non-hydrogen) atoms. The predicted molar refractivity (Wildman–Crippen MR) is 90.2 cm³/mol. The summed E-state index contributed by atoms with van der Waals surface area (Å²) in [6, 6.07) is 0. The average molecular weight is 286 g/mol. The van der Waals surface area contributed by atoms with Crippen LogP contribution >= 0.6 is 7.92 Å². The van der Waals surface area contributed by atoms with Gasteiger partial charge in [0.15, 0.2) is 0 Å². The summed E-state index contributed by atoms with van der Waals surface area (Å²) < 4.78 is 0. The van der Waals surface area contributed by atoms with Gasteiger partial charge in [0, 0.05) is 0 Å². The second kappa shape index (κ2) is 7.47. The topological polar surface area (TPSA) is 0 Å². The lowest BCUT2D eigenvalue weighted by Crippen LogP contribution is -2.19. The van der Waals surface area contributed by atoms with Crippen LogP contribution in [0.5, 0.6) is 0 Å². The van der Waals surface area contributed by atoms with Gasteiger partial charge in [0.1, 0.15) is 0 Å². The summed E-state index contributed by atoms with van der Waals surface area (Å²) in [5.74, 6) is 3.99. The molecule has 0 aliphatic heterocycles. The molecule has 0 atom stereocenters. The molecule has 108 valence electrons. The van der Waals surface area contributed by atoms with Crippen molar-refractivity contribution in [2.75, 3.05) is 0 Å². The van der Waals surface area contributed by atoms with E-state index in [1.807, 2.05) is 0 Å². The van der Waals surface area contributed by atoms with Crippen LogP contribution in [-0.4, -0.2) is 11.3 Å². The highest BCUT2D eigenvalue weighted by Crippen LogP contribution is 2.55. The molecular formula is C19H27P. The summed E-state index contributed by atoms with van der Waals surface area (Å²) in [6.45, 7) is 0. The van der Waals surface area contributed by atoms with E-state index in [0.29, 0.717) is 5.92 Å². The fourth-order valence-electron chi connectivity index (χ4n) is 3.88. The predicted octanol–water partition coefficient (Wildman–Crippen LogP) is 5.84. The van der Waals surface area contributed by atoms with E-state index in [4.69, 9.17) is 0 Å². The van der Waals surface area contributed by atoms with Crippen molar-refractivity contribution in [2.24, 2.45) is 5.92 Å². The molecule has 3 aliphatic carbocycles. The van der Waals surface area contributed by atoms with Gasteiger partial charge >= 0.3 is 0 Å². The lowest BCUT2D eigenvalue weighted by Gasteiger charge is -2.35. The van der Waals surface area contributed by atoms with E-state index in [1.165, 1.54) is 64.2 Å². The van der Waals surface area contributed by atoms with Gasteiger partial charge in [0.2, 0.25) is 0 Å². The van der Waals surface area contributed by atoms with Gasteiger partial charge in [-0.2, -0.15) is 0 Å².